The Morgan fingerprint density at radius 3 is 1.64 bits per heavy atom. The fourth-order valence-electron chi connectivity index (χ4n) is 3.70. The zero-order chi connectivity index (χ0) is 27.0. The Labute approximate surface area is 217 Å². The molecule has 0 unspecified atom stereocenters. The quantitative estimate of drug-likeness (QED) is 0.251. The normalized spacial score (nSPS) is 11.5. The van der Waals surface area contributed by atoms with E-state index in [-0.39, 0.29) is 42.7 Å². The van der Waals surface area contributed by atoms with Crippen LogP contribution in [-0.2, 0) is 6.42 Å². The summed E-state index contributed by atoms with van der Waals surface area (Å²) in [4.78, 5) is 13.8. The molecule has 0 aromatic heterocycles. The first-order valence-electron chi connectivity index (χ1n) is 13.0. The third-order valence-electron chi connectivity index (χ3n) is 4.83. The second-order valence-corrected chi connectivity index (χ2v) is 10.3. The maximum absolute atomic E-state index is 13.8. The largest absolute Gasteiger partial charge is 0.491 e. The van der Waals surface area contributed by atoms with Crippen molar-refractivity contribution in [3.05, 3.63) is 41.5 Å². The summed E-state index contributed by atoms with van der Waals surface area (Å²) in [5.41, 5.74) is 1.33. The maximum Gasteiger partial charge on any atom is 0.176 e. The van der Waals surface area contributed by atoms with Crippen molar-refractivity contribution in [3.63, 3.8) is 0 Å². The van der Waals surface area contributed by atoms with Crippen LogP contribution in [-0.4, -0.2) is 36.3 Å². The molecule has 0 atom stereocenters. The van der Waals surface area contributed by atoms with Crippen LogP contribution in [0.3, 0.4) is 0 Å². The Morgan fingerprint density at radius 2 is 1.08 bits per heavy atom. The Morgan fingerprint density at radius 1 is 0.611 bits per heavy atom. The number of ketones is 1. The average Bonchev–Trinajstić information content (AvgIpc) is 2.73. The second kappa shape index (κ2) is 13.4. The first kappa shape index (κ1) is 29.3. The highest BCUT2D eigenvalue weighted by molar-refractivity contribution is 6.02. The Bertz CT molecular complexity index is 991. The van der Waals surface area contributed by atoms with Crippen molar-refractivity contribution in [3.8, 4) is 28.7 Å². The monoisotopic (exact) mass is 500 g/mol. The average molecular weight is 501 g/mol. The van der Waals surface area contributed by atoms with Crippen molar-refractivity contribution < 1.29 is 28.5 Å². The number of Topliss-reactive ketones (excluding diaryl/α,β-unsaturated/α-hetero) is 1. The lowest BCUT2D eigenvalue weighted by Crippen LogP contribution is -2.17. The molecule has 200 valence electrons. The van der Waals surface area contributed by atoms with Gasteiger partial charge in [0, 0.05) is 6.42 Å². The molecule has 0 saturated carbocycles. The fraction of sp³-hybridized carbons (Fsp3) is 0.567. The zero-order valence-corrected chi connectivity index (χ0v) is 23.6. The topological polar surface area (TPSA) is 63.2 Å². The first-order chi connectivity index (χ1) is 16.9. The van der Waals surface area contributed by atoms with Gasteiger partial charge in [-0.2, -0.15) is 0 Å². The van der Waals surface area contributed by atoms with Crippen LogP contribution in [0, 0.1) is 0 Å². The summed E-state index contributed by atoms with van der Waals surface area (Å²) in [6.45, 7) is 19.6. The molecule has 0 N–H and O–H groups in total. The number of rotatable bonds is 14. The molecule has 0 heterocycles. The molecule has 36 heavy (non-hydrogen) atoms. The minimum atomic E-state index is -0.142. The van der Waals surface area contributed by atoms with Gasteiger partial charge in [0.2, 0.25) is 0 Å². The molecule has 0 fully saturated rings. The van der Waals surface area contributed by atoms with Gasteiger partial charge in [0.1, 0.15) is 22.8 Å². The van der Waals surface area contributed by atoms with Crippen LogP contribution in [0.15, 0.2) is 30.3 Å². The van der Waals surface area contributed by atoms with Crippen molar-refractivity contribution in [2.75, 3.05) is 0 Å². The van der Waals surface area contributed by atoms with Crippen LogP contribution < -0.4 is 23.7 Å². The van der Waals surface area contributed by atoms with E-state index in [1.54, 1.807) is 6.07 Å². The van der Waals surface area contributed by atoms with Crippen molar-refractivity contribution in [1.29, 1.82) is 0 Å². The molecule has 0 amide bonds. The van der Waals surface area contributed by atoms with Crippen LogP contribution in [0.4, 0.5) is 0 Å². The summed E-state index contributed by atoms with van der Waals surface area (Å²) < 4.78 is 30.1. The molecule has 2 aromatic rings. The number of aryl methyl sites for hydroxylation is 1. The standard InChI is InChI=1S/C30H44O6/c1-18(2)32-24-12-14-26(33-19(3)4)23(17-24)11-13-25(31)29-27(34-20(5)6)15-16-28(35-21(7)8)30(29)36-22(9)10/h12,14-22H,11,13H2,1-10H3. The van der Waals surface area contributed by atoms with Gasteiger partial charge >= 0.3 is 0 Å². The first-order valence-corrected chi connectivity index (χ1v) is 13.0. The van der Waals surface area contributed by atoms with E-state index in [4.69, 9.17) is 23.7 Å². The zero-order valence-electron chi connectivity index (χ0n) is 23.6. The number of hydrogen-bond acceptors (Lipinski definition) is 6. The number of carbonyl (C=O) groups excluding carboxylic acids is 1. The maximum atomic E-state index is 13.8. The second-order valence-electron chi connectivity index (χ2n) is 10.3. The van der Waals surface area contributed by atoms with Crippen molar-refractivity contribution in [2.24, 2.45) is 0 Å². The minimum Gasteiger partial charge on any atom is -0.491 e. The Kier molecular flexibility index (Phi) is 10.9. The molecule has 0 aliphatic rings. The van der Waals surface area contributed by atoms with E-state index in [0.29, 0.717) is 29.2 Å². The van der Waals surface area contributed by atoms with Gasteiger partial charge in [0.05, 0.1) is 30.5 Å². The highest BCUT2D eigenvalue weighted by Gasteiger charge is 2.25. The Hall–Kier alpha value is -2.89. The number of benzene rings is 2. The van der Waals surface area contributed by atoms with Crippen molar-refractivity contribution >= 4 is 5.78 Å². The van der Waals surface area contributed by atoms with Crippen LogP contribution in [0.25, 0.3) is 0 Å². The molecular formula is C30H44O6. The third kappa shape index (κ3) is 8.96. The van der Waals surface area contributed by atoms with Crippen LogP contribution in [0.5, 0.6) is 28.7 Å². The van der Waals surface area contributed by atoms with Crippen molar-refractivity contribution in [2.45, 2.75) is 113 Å². The molecule has 2 rings (SSSR count). The smallest absolute Gasteiger partial charge is 0.176 e. The summed E-state index contributed by atoms with van der Waals surface area (Å²) in [5.74, 6) is 2.89. The lowest BCUT2D eigenvalue weighted by Gasteiger charge is -2.23. The van der Waals surface area contributed by atoms with Crippen molar-refractivity contribution in [1.82, 2.24) is 0 Å². The van der Waals surface area contributed by atoms with Crippen LogP contribution >= 0.6 is 0 Å². The van der Waals surface area contributed by atoms with Gasteiger partial charge in [-0.3, -0.25) is 4.79 Å². The fourth-order valence-corrected chi connectivity index (χ4v) is 3.70. The number of ether oxygens (including phenoxy) is 5. The highest BCUT2D eigenvalue weighted by atomic mass is 16.5. The molecule has 0 aliphatic heterocycles. The summed E-state index contributed by atoms with van der Waals surface area (Å²) in [6, 6.07) is 9.38. The Balaban J connectivity index is 2.47. The van der Waals surface area contributed by atoms with E-state index >= 15 is 0 Å². The predicted octanol–water partition coefficient (Wildman–Crippen LogP) is 7.44. The summed E-state index contributed by atoms with van der Waals surface area (Å²) in [6.07, 6.45) is 0.470. The molecule has 0 aliphatic carbocycles. The summed E-state index contributed by atoms with van der Waals surface area (Å²) >= 11 is 0. The van der Waals surface area contributed by atoms with Gasteiger partial charge in [-0.1, -0.05) is 0 Å². The molecule has 0 bridgehead atoms. The van der Waals surface area contributed by atoms with Gasteiger partial charge < -0.3 is 23.7 Å². The lowest BCUT2D eigenvalue weighted by molar-refractivity contribution is 0.0967. The van der Waals surface area contributed by atoms with Crippen LogP contribution in [0.2, 0.25) is 0 Å². The molecular weight excluding hydrogens is 456 g/mol. The van der Waals surface area contributed by atoms with Gasteiger partial charge in [0.25, 0.3) is 0 Å². The number of carbonyl (C=O) groups is 1. The van der Waals surface area contributed by atoms with E-state index in [9.17, 15) is 4.79 Å². The van der Waals surface area contributed by atoms with E-state index in [0.717, 1.165) is 17.1 Å². The van der Waals surface area contributed by atoms with E-state index in [1.807, 2.05) is 93.5 Å². The molecule has 6 nitrogen and oxygen atoms in total. The molecule has 6 heteroatoms. The molecule has 2 aromatic carbocycles. The molecule has 0 saturated heterocycles. The van der Waals surface area contributed by atoms with E-state index < -0.39 is 0 Å². The van der Waals surface area contributed by atoms with Crippen LogP contribution in [0.1, 0.15) is 91.6 Å². The lowest BCUT2D eigenvalue weighted by atomic mass is 9.99. The van der Waals surface area contributed by atoms with E-state index in [2.05, 4.69) is 0 Å². The predicted molar refractivity (Wildman–Crippen MR) is 144 cm³/mol. The highest BCUT2D eigenvalue weighted by Crippen LogP contribution is 2.40. The summed E-state index contributed by atoms with van der Waals surface area (Å²) in [7, 11) is 0. The molecule has 0 spiro atoms. The SMILES string of the molecule is CC(C)Oc1ccc(OC(C)C)c(CCC(=O)c2c(OC(C)C)ccc(OC(C)C)c2OC(C)C)c1. The van der Waals surface area contributed by atoms with Gasteiger partial charge in [-0.25, -0.2) is 0 Å². The number of hydrogen-bond donors (Lipinski definition) is 0. The third-order valence-corrected chi connectivity index (χ3v) is 4.83. The van der Waals surface area contributed by atoms with E-state index in [1.165, 1.54) is 0 Å². The van der Waals surface area contributed by atoms with Gasteiger partial charge in [-0.05, 0) is 112 Å². The molecule has 0 radical (unpaired) electrons. The van der Waals surface area contributed by atoms with Gasteiger partial charge in [-0.15, -0.1) is 0 Å². The minimum absolute atomic E-state index is 0.0123. The summed E-state index contributed by atoms with van der Waals surface area (Å²) in [5, 5.41) is 0. The van der Waals surface area contributed by atoms with Gasteiger partial charge in [0.15, 0.2) is 17.3 Å².